The first kappa shape index (κ1) is 28.2. The molecule has 1 amide bonds. The number of methoxy groups -OCH3 is 1. The van der Waals surface area contributed by atoms with Crippen LogP contribution in [0, 0.1) is 0 Å². The van der Waals surface area contributed by atoms with Crippen molar-refractivity contribution in [2.45, 2.75) is 30.9 Å². The normalized spacial score (nSPS) is 18.1. The van der Waals surface area contributed by atoms with Crippen LogP contribution < -0.4 is 14.8 Å². The third-order valence-corrected chi connectivity index (χ3v) is 6.71. The molecule has 0 unspecified atom stereocenters. The molecule has 0 aliphatic carbocycles. The zero-order valence-electron chi connectivity index (χ0n) is 21.9. The molecule has 0 aromatic heterocycles. The van der Waals surface area contributed by atoms with E-state index in [1.165, 1.54) is 0 Å². The van der Waals surface area contributed by atoms with Gasteiger partial charge in [-0.15, -0.1) is 6.58 Å². The minimum Gasteiger partial charge on any atom is -0.497 e. The van der Waals surface area contributed by atoms with Gasteiger partial charge in [-0.05, 0) is 66.1 Å². The zero-order chi connectivity index (χ0) is 27.7. The smallest absolute Gasteiger partial charge is 0.252 e. The van der Waals surface area contributed by atoms with Crippen molar-refractivity contribution in [2.24, 2.45) is 4.99 Å². The predicted octanol–water partition coefficient (Wildman–Crippen LogP) is 5.30. The Bertz CT molecular complexity index is 1310. The van der Waals surface area contributed by atoms with Crippen LogP contribution in [-0.4, -0.2) is 49.3 Å². The van der Waals surface area contributed by atoms with Crippen molar-refractivity contribution in [3.63, 3.8) is 0 Å². The van der Waals surface area contributed by atoms with E-state index in [-0.39, 0.29) is 18.9 Å². The van der Waals surface area contributed by atoms with Crippen LogP contribution in [0.25, 0.3) is 0 Å². The number of aliphatic hydroxyl groups excluding tert-OH is 1. The highest BCUT2D eigenvalue weighted by Crippen LogP contribution is 2.43. The summed E-state index contributed by atoms with van der Waals surface area (Å²) in [7, 11) is 1.60. The maximum atomic E-state index is 13.9. The number of carbonyl (C=O) groups is 1. The summed E-state index contributed by atoms with van der Waals surface area (Å²) in [6.45, 7) is 4.82. The fourth-order valence-corrected chi connectivity index (χ4v) is 4.72. The largest absolute Gasteiger partial charge is 0.497 e. The third-order valence-electron chi connectivity index (χ3n) is 6.47. The average Bonchev–Trinajstić information content (AvgIpc) is 3.34. The van der Waals surface area contributed by atoms with Gasteiger partial charge in [-0.2, -0.15) is 0 Å². The van der Waals surface area contributed by atoms with Gasteiger partial charge in [0, 0.05) is 36.6 Å². The van der Waals surface area contributed by atoms with E-state index in [9.17, 15) is 4.79 Å². The van der Waals surface area contributed by atoms with Gasteiger partial charge in [-0.25, -0.2) is 4.99 Å². The number of ether oxygens (including phenoxy) is 3. The molecule has 2 atom stereocenters. The summed E-state index contributed by atoms with van der Waals surface area (Å²) in [5.74, 6) is 1.43. The van der Waals surface area contributed by atoms with Gasteiger partial charge in [0.2, 0.25) is 5.90 Å². The molecule has 0 saturated heterocycles. The number of nitrogens with one attached hydrogen (secondary N) is 1. The molecule has 7 nitrogen and oxygen atoms in total. The number of nitrogens with zero attached hydrogens (tertiary/aromatic N) is 1. The van der Waals surface area contributed by atoms with Crippen LogP contribution >= 0.6 is 11.6 Å². The van der Waals surface area contributed by atoms with Crippen molar-refractivity contribution in [2.75, 3.05) is 26.9 Å². The molecular weight excluding hydrogens is 516 g/mol. The van der Waals surface area contributed by atoms with Crippen LogP contribution in [0.1, 0.15) is 35.6 Å². The number of aliphatic imine (C=N–C) groups is 1. The van der Waals surface area contributed by atoms with Crippen LogP contribution in [0.3, 0.4) is 0 Å². The second kappa shape index (κ2) is 13.3. The van der Waals surface area contributed by atoms with Crippen LogP contribution in [0.4, 0.5) is 0 Å². The Morgan fingerprint density at radius 2 is 1.95 bits per heavy atom. The lowest BCUT2D eigenvalue weighted by Crippen LogP contribution is -2.48. The first-order valence-corrected chi connectivity index (χ1v) is 13.2. The lowest BCUT2D eigenvalue weighted by Gasteiger charge is -2.30. The Balaban J connectivity index is 1.63. The molecule has 3 aromatic carbocycles. The fourth-order valence-electron chi connectivity index (χ4n) is 4.51. The van der Waals surface area contributed by atoms with E-state index in [1.54, 1.807) is 13.2 Å². The van der Waals surface area contributed by atoms with Crippen molar-refractivity contribution in [1.82, 2.24) is 5.32 Å². The highest BCUT2D eigenvalue weighted by Gasteiger charge is 2.52. The summed E-state index contributed by atoms with van der Waals surface area (Å²) in [6.07, 6.45) is 2.43. The summed E-state index contributed by atoms with van der Waals surface area (Å²) in [5, 5.41) is 12.7. The predicted molar refractivity (Wildman–Crippen MR) is 153 cm³/mol. The monoisotopic (exact) mass is 548 g/mol. The molecule has 0 saturated carbocycles. The van der Waals surface area contributed by atoms with E-state index in [2.05, 4.69) is 11.9 Å². The molecule has 0 radical (unpaired) electrons. The maximum absolute atomic E-state index is 13.9. The Labute approximate surface area is 234 Å². The number of halogens is 1. The highest BCUT2D eigenvalue weighted by molar-refractivity contribution is 6.30. The van der Waals surface area contributed by atoms with Crippen LogP contribution in [0.2, 0.25) is 5.02 Å². The van der Waals surface area contributed by atoms with Crippen molar-refractivity contribution < 1.29 is 24.1 Å². The van der Waals surface area contributed by atoms with Crippen molar-refractivity contribution in [1.29, 1.82) is 0 Å². The molecule has 0 bridgehead atoms. The summed E-state index contributed by atoms with van der Waals surface area (Å²) in [6, 6.07) is 22.4. The standard InChI is InChI=1S/C31H33ClN2O5/c1-3-16-31(30(36)33-17-15-22-7-4-9-25(32)20-22)28(24-8-5-10-27(21-24)37-2)39-29(34-31)23-11-13-26(14-12-23)38-19-6-18-35/h3-5,7-14,20-21,28,35H,1,6,15-19H2,2H3,(H,33,36)/t28-,31-/m1/s1. The van der Waals surface area contributed by atoms with E-state index in [4.69, 9.17) is 35.9 Å². The second-order valence-electron chi connectivity index (χ2n) is 9.19. The van der Waals surface area contributed by atoms with Gasteiger partial charge >= 0.3 is 0 Å². The number of hydrogen-bond acceptors (Lipinski definition) is 6. The molecule has 1 heterocycles. The first-order valence-electron chi connectivity index (χ1n) is 12.9. The Hall–Kier alpha value is -3.81. The number of benzene rings is 3. The van der Waals surface area contributed by atoms with Crippen molar-refractivity contribution in [3.05, 3.63) is 107 Å². The Morgan fingerprint density at radius 3 is 2.67 bits per heavy atom. The molecule has 39 heavy (non-hydrogen) atoms. The molecule has 0 spiro atoms. The van der Waals surface area contributed by atoms with E-state index in [1.807, 2.05) is 72.8 Å². The molecule has 2 N–H and O–H groups in total. The van der Waals surface area contributed by atoms with Gasteiger partial charge < -0.3 is 24.6 Å². The number of amides is 1. The number of aliphatic hydroxyl groups is 1. The Kier molecular flexibility index (Phi) is 9.63. The van der Waals surface area contributed by atoms with Crippen LogP contribution in [0.15, 0.2) is 90.4 Å². The van der Waals surface area contributed by atoms with Crippen molar-refractivity contribution >= 4 is 23.4 Å². The molecule has 204 valence electrons. The quantitative estimate of drug-likeness (QED) is 0.223. The fraction of sp³-hybridized carbons (Fsp3) is 0.290. The summed E-state index contributed by atoms with van der Waals surface area (Å²) in [4.78, 5) is 18.8. The van der Waals surface area contributed by atoms with E-state index >= 15 is 0 Å². The summed E-state index contributed by atoms with van der Waals surface area (Å²) >= 11 is 6.12. The molecule has 8 heteroatoms. The third kappa shape index (κ3) is 6.80. The van der Waals surface area contributed by atoms with E-state index in [0.717, 1.165) is 16.7 Å². The molecule has 4 rings (SSSR count). The molecular formula is C31H33ClN2O5. The lowest BCUT2D eigenvalue weighted by atomic mass is 9.84. The SMILES string of the molecule is C=CC[C@@]1(C(=O)NCCc2cccc(Cl)c2)N=C(c2ccc(OCCCO)cc2)O[C@@H]1c1cccc(OC)c1. The van der Waals surface area contributed by atoms with Gasteiger partial charge in [0.1, 0.15) is 11.5 Å². The average molecular weight is 549 g/mol. The topological polar surface area (TPSA) is 89.4 Å². The number of rotatable bonds is 13. The number of carbonyl (C=O) groups excluding carboxylic acids is 1. The van der Waals surface area contributed by atoms with Crippen LogP contribution in [-0.2, 0) is 16.0 Å². The molecule has 1 aliphatic rings. The highest BCUT2D eigenvalue weighted by atomic mass is 35.5. The summed E-state index contributed by atoms with van der Waals surface area (Å²) < 4.78 is 17.5. The van der Waals surface area contributed by atoms with Gasteiger partial charge in [0.25, 0.3) is 5.91 Å². The maximum Gasteiger partial charge on any atom is 0.252 e. The van der Waals surface area contributed by atoms with Gasteiger partial charge in [-0.3, -0.25) is 4.79 Å². The molecule has 3 aromatic rings. The molecule has 1 aliphatic heterocycles. The number of hydrogen-bond donors (Lipinski definition) is 2. The van der Waals surface area contributed by atoms with Crippen molar-refractivity contribution in [3.8, 4) is 11.5 Å². The lowest BCUT2D eigenvalue weighted by molar-refractivity contribution is -0.128. The summed E-state index contributed by atoms with van der Waals surface area (Å²) in [5.41, 5.74) is 1.24. The zero-order valence-corrected chi connectivity index (χ0v) is 22.7. The van der Waals surface area contributed by atoms with Gasteiger partial charge in [0.15, 0.2) is 11.6 Å². The minimum atomic E-state index is -1.27. The van der Waals surface area contributed by atoms with Gasteiger partial charge in [-0.1, -0.05) is 41.9 Å². The van der Waals surface area contributed by atoms with E-state index in [0.29, 0.717) is 48.4 Å². The second-order valence-corrected chi connectivity index (χ2v) is 9.63. The van der Waals surface area contributed by atoms with Crippen LogP contribution in [0.5, 0.6) is 11.5 Å². The minimum absolute atomic E-state index is 0.0704. The first-order chi connectivity index (χ1) is 19.0. The Morgan fingerprint density at radius 1 is 1.15 bits per heavy atom. The molecule has 0 fully saturated rings. The van der Waals surface area contributed by atoms with E-state index < -0.39 is 11.6 Å². The van der Waals surface area contributed by atoms with Gasteiger partial charge in [0.05, 0.1) is 13.7 Å².